The van der Waals surface area contributed by atoms with E-state index in [-0.39, 0.29) is 26.7 Å². The molecule has 2 rings (SSSR count). The van der Waals surface area contributed by atoms with Crippen molar-refractivity contribution in [2.45, 2.75) is 27.2 Å². The first kappa shape index (κ1) is 12.7. The number of nitrogens with zero attached hydrogens (tertiary/aromatic N) is 1. The number of rotatable bonds is 3. The third-order valence-corrected chi connectivity index (χ3v) is 6.01. The fourth-order valence-electron chi connectivity index (χ4n) is 1.88. The van der Waals surface area contributed by atoms with Crippen LogP contribution in [0, 0.1) is 6.92 Å². The summed E-state index contributed by atoms with van der Waals surface area (Å²) in [5.74, 6) is 0.244. The van der Waals surface area contributed by atoms with E-state index in [1.807, 2.05) is 13.0 Å². The Bertz CT molecular complexity index is 479. The van der Waals surface area contributed by atoms with Gasteiger partial charge in [0, 0.05) is 0 Å². The zero-order valence-corrected chi connectivity index (χ0v) is 12.8. The van der Waals surface area contributed by atoms with Crippen LogP contribution in [0.3, 0.4) is 0 Å². The van der Waals surface area contributed by atoms with Crippen LogP contribution in [0.2, 0.25) is 0 Å². The summed E-state index contributed by atoms with van der Waals surface area (Å²) in [5, 5.41) is 0. The van der Waals surface area contributed by atoms with E-state index in [0.717, 1.165) is 6.54 Å². The van der Waals surface area contributed by atoms with Gasteiger partial charge in [0.2, 0.25) is 0 Å². The zero-order chi connectivity index (χ0) is 12.4. The summed E-state index contributed by atoms with van der Waals surface area (Å²) in [6, 6.07) is 6.63. The quantitative estimate of drug-likeness (QED) is 0.618. The van der Waals surface area contributed by atoms with Gasteiger partial charge in [-0.1, -0.05) is 0 Å². The fourth-order valence-corrected chi connectivity index (χ4v) is 5.20. The van der Waals surface area contributed by atoms with Gasteiger partial charge in [0.1, 0.15) is 0 Å². The van der Waals surface area contributed by atoms with E-state index in [2.05, 4.69) is 36.9 Å². The van der Waals surface area contributed by atoms with E-state index in [1.165, 1.54) is 18.6 Å². The molecule has 0 amide bonds. The number of fused-ring (bicyclic) bond motifs is 1. The summed E-state index contributed by atoms with van der Waals surface area (Å²) < 4.78 is 2.73. The van der Waals surface area contributed by atoms with Gasteiger partial charge in [-0.25, -0.2) is 0 Å². The minimum absolute atomic E-state index is 0.244. The number of aryl methyl sites for hydroxylation is 1. The molecule has 2 nitrogen and oxygen atoms in total. The van der Waals surface area contributed by atoms with Crippen molar-refractivity contribution in [3.05, 3.63) is 33.6 Å². The Balaban J connectivity index is 2.38. The molecule has 1 aliphatic heterocycles. The predicted octanol–water partition coefficient (Wildman–Crippen LogP) is 1.98. The number of hydrogen-bond donors (Lipinski definition) is 0. The van der Waals surface area contributed by atoms with Crippen LogP contribution in [0.15, 0.2) is 28.0 Å². The number of allylic oxidation sites excluding steroid dienone is 1. The molecule has 0 aliphatic carbocycles. The second-order valence-corrected chi connectivity index (χ2v) is 7.15. The molecule has 3 heteroatoms. The molecule has 1 aromatic carbocycles. The second-order valence-electron chi connectivity index (χ2n) is 4.12. The van der Waals surface area contributed by atoms with Crippen molar-refractivity contribution < 1.29 is 4.79 Å². The van der Waals surface area contributed by atoms with Crippen molar-refractivity contribution in [1.82, 2.24) is 0 Å². The summed E-state index contributed by atoms with van der Waals surface area (Å²) in [6.45, 7) is 7.13. The van der Waals surface area contributed by atoms with Crippen molar-refractivity contribution in [2.75, 3.05) is 11.4 Å². The third-order valence-electron chi connectivity index (χ3n) is 2.83. The number of benzene rings is 1. The zero-order valence-electron chi connectivity index (χ0n) is 10.5. The van der Waals surface area contributed by atoms with E-state index < -0.39 is 0 Å². The number of carbonyl (C=O) groups is 1. The van der Waals surface area contributed by atoms with Gasteiger partial charge in [-0.3, -0.25) is 0 Å². The Hall–Kier alpha value is -0.780. The molecule has 0 radical (unpaired) electrons. The summed E-state index contributed by atoms with van der Waals surface area (Å²) >= 11 is -0.369. The summed E-state index contributed by atoms with van der Waals surface area (Å²) in [7, 11) is 0. The van der Waals surface area contributed by atoms with Crippen LogP contribution in [0.5, 0.6) is 0 Å². The number of anilines is 1. The van der Waals surface area contributed by atoms with Gasteiger partial charge in [0.15, 0.2) is 0 Å². The van der Waals surface area contributed by atoms with Gasteiger partial charge < -0.3 is 0 Å². The monoisotopic (exact) mass is 345 g/mol. The van der Waals surface area contributed by atoms with Gasteiger partial charge in [-0.15, -0.1) is 0 Å². The van der Waals surface area contributed by atoms with E-state index in [1.54, 1.807) is 0 Å². The van der Waals surface area contributed by atoms with Crippen molar-refractivity contribution in [1.29, 1.82) is 0 Å². The van der Waals surface area contributed by atoms with Crippen molar-refractivity contribution in [3.8, 4) is 0 Å². The summed E-state index contributed by atoms with van der Waals surface area (Å²) in [4.78, 5) is 13.9. The van der Waals surface area contributed by atoms with Gasteiger partial charge in [0.05, 0.1) is 0 Å². The van der Waals surface area contributed by atoms with E-state index >= 15 is 0 Å². The van der Waals surface area contributed by atoms with E-state index in [0.29, 0.717) is 6.42 Å². The topological polar surface area (TPSA) is 20.3 Å². The molecule has 0 unspecified atom stereocenters. The van der Waals surface area contributed by atoms with Gasteiger partial charge >= 0.3 is 113 Å². The molecule has 1 aromatic rings. The van der Waals surface area contributed by atoms with Crippen LogP contribution in [0.4, 0.5) is 5.69 Å². The number of hydrogen-bond acceptors (Lipinski definition) is 2. The Labute approximate surface area is 113 Å². The SMILES string of the molecule is CCC(=O)C=C1[Te]c2ccc(C)cc2N1CC. The Morgan fingerprint density at radius 2 is 2.18 bits per heavy atom. The van der Waals surface area contributed by atoms with Crippen LogP contribution in [-0.4, -0.2) is 33.3 Å². The van der Waals surface area contributed by atoms with E-state index in [4.69, 9.17) is 0 Å². The molecule has 1 aliphatic rings. The Morgan fingerprint density at radius 1 is 1.41 bits per heavy atom. The van der Waals surface area contributed by atoms with Crippen LogP contribution in [0.25, 0.3) is 0 Å². The van der Waals surface area contributed by atoms with Crippen LogP contribution in [0.1, 0.15) is 25.8 Å². The minimum atomic E-state index is -0.369. The second kappa shape index (κ2) is 5.25. The number of ketones is 1. The van der Waals surface area contributed by atoms with Gasteiger partial charge in [-0.2, -0.15) is 0 Å². The van der Waals surface area contributed by atoms with E-state index in [9.17, 15) is 4.79 Å². The standard InChI is InChI=1S/C14H17NOTe/c1-4-11(16)9-14-15(5-2)12-8-10(3)6-7-13(12)17-14/h6-9H,4-5H2,1-3H3. The van der Waals surface area contributed by atoms with Crippen molar-refractivity contribution in [3.63, 3.8) is 0 Å². The average Bonchev–Trinajstić information content (AvgIpc) is 2.65. The molecule has 0 spiro atoms. The molecule has 0 saturated carbocycles. The molecule has 90 valence electrons. The molecular weight excluding hydrogens is 326 g/mol. The molecule has 0 bridgehead atoms. The molecular formula is C14H17NOTe. The predicted molar refractivity (Wildman–Crippen MR) is 73.0 cm³/mol. The molecule has 0 aromatic heterocycles. The van der Waals surface area contributed by atoms with Crippen LogP contribution in [-0.2, 0) is 4.79 Å². The first-order valence-corrected chi connectivity index (χ1v) is 8.29. The molecule has 0 N–H and O–H groups in total. The summed E-state index contributed by atoms with van der Waals surface area (Å²) in [5.41, 5.74) is 2.61. The maximum absolute atomic E-state index is 11.6. The molecule has 0 fully saturated rings. The molecule has 17 heavy (non-hydrogen) atoms. The molecule has 0 atom stereocenters. The summed E-state index contributed by atoms with van der Waals surface area (Å²) in [6.07, 6.45) is 2.46. The Kier molecular flexibility index (Phi) is 3.91. The van der Waals surface area contributed by atoms with Crippen LogP contribution >= 0.6 is 0 Å². The Morgan fingerprint density at radius 3 is 2.82 bits per heavy atom. The van der Waals surface area contributed by atoms with Crippen molar-refractivity contribution >= 4 is 36.0 Å². The van der Waals surface area contributed by atoms with Crippen molar-refractivity contribution in [2.24, 2.45) is 0 Å². The third kappa shape index (κ3) is 2.56. The molecule has 0 saturated heterocycles. The fraction of sp³-hybridized carbons (Fsp3) is 0.357. The number of carbonyl (C=O) groups excluding carboxylic acids is 1. The first-order valence-electron chi connectivity index (χ1n) is 5.96. The van der Waals surface area contributed by atoms with Crippen LogP contribution < -0.4 is 8.51 Å². The van der Waals surface area contributed by atoms with Gasteiger partial charge in [-0.05, 0) is 0 Å². The first-order chi connectivity index (χ1) is 8.15. The maximum atomic E-state index is 11.6. The normalized spacial score (nSPS) is 16.4. The molecule has 1 heterocycles. The van der Waals surface area contributed by atoms with Gasteiger partial charge in [0.25, 0.3) is 0 Å². The average molecular weight is 343 g/mol.